The second-order valence-corrected chi connectivity index (χ2v) is 7.31. The van der Waals surface area contributed by atoms with Gasteiger partial charge in [-0.25, -0.2) is 4.79 Å². The van der Waals surface area contributed by atoms with Gasteiger partial charge in [-0.3, -0.25) is 0 Å². The highest BCUT2D eigenvalue weighted by molar-refractivity contribution is 5.74. The Hall–Kier alpha value is -2.57. The monoisotopic (exact) mass is 383 g/mol. The molecule has 0 saturated carbocycles. The third-order valence-electron chi connectivity index (χ3n) is 5.13. The lowest BCUT2D eigenvalue weighted by molar-refractivity contribution is 0.0832. The Bertz CT molecular complexity index is 746. The van der Waals surface area contributed by atoms with Crippen LogP contribution in [0.5, 0.6) is 5.75 Å². The first-order chi connectivity index (χ1) is 13.6. The number of carbonyl (C=O) groups is 1. The van der Waals surface area contributed by atoms with E-state index in [1.54, 1.807) is 12.1 Å². The molecule has 28 heavy (non-hydrogen) atoms. The molecule has 1 aliphatic rings. The molecule has 2 aromatic rings. The van der Waals surface area contributed by atoms with Gasteiger partial charge in [0.2, 0.25) is 0 Å². The van der Waals surface area contributed by atoms with Crippen LogP contribution in [0.2, 0.25) is 0 Å². The van der Waals surface area contributed by atoms with E-state index in [1.165, 1.54) is 0 Å². The first-order valence-corrected chi connectivity index (χ1v) is 9.88. The summed E-state index contributed by atoms with van der Waals surface area (Å²) in [4.78, 5) is 14.7. The number of rotatable bonds is 7. The Morgan fingerprint density at radius 2 is 1.86 bits per heavy atom. The Morgan fingerprint density at radius 1 is 1.11 bits per heavy atom. The number of aromatic hydroxyl groups is 1. The van der Waals surface area contributed by atoms with E-state index >= 15 is 0 Å². The molecular formula is C22H29N3O3. The van der Waals surface area contributed by atoms with E-state index in [2.05, 4.69) is 15.5 Å². The van der Waals surface area contributed by atoms with Gasteiger partial charge in [0.25, 0.3) is 0 Å². The number of urea groups is 1. The molecule has 0 aromatic heterocycles. The first kappa shape index (κ1) is 20.2. The number of nitrogens with zero attached hydrogens (tertiary/aromatic N) is 1. The van der Waals surface area contributed by atoms with Gasteiger partial charge in [-0.1, -0.05) is 42.5 Å². The number of aliphatic hydroxyl groups is 1. The molecule has 2 aromatic carbocycles. The Kier molecular flexibility index (Phi) is 7.28. The van der Waals surface area contributed by atoms with Gasteiger partial charge < -0.3 is 25.7 Å². The van der Waals surface area contributed by atoms with Crippen LogP contribution in [0.3, 0.4) is 0 Å². The molecule has 0 bridgehead atoms. The molecule has 2 amide bonds. The van der Waals surface area contributed by atoms with Gasteiger partial charge in [-0.2, -0.15) is 0 Å². The molecule has 0 radical (unpaired) electrons. The summed E-state index contributed by atoms with van der Waals surface area (Å²) in [6.07, 6.45) is 2.00. The number of hydrogen-bond acceptors (Lipinski definition) is 4. The van der Waals surface area contributed by atoms with Crippen molar-refractivity contribution in [2.24, 2.45) is 0 Å². The third kappa shape index (κ3) is 6.25. The topological polar surface area (TPSA) is 84.8 Å². The van der Waals surface area contributed by atoms with Crippen LogP contribution in [0.15, 0.2) is 54.6 Å². The second kappa shape index (κ2) is 10.1. The smallest absolute Gasteiger partial charge is 0.315 e. The van der Waals surface area contributed by atoms with Gasteiger partial charge in [0, 0.05) is 26.2 Å². The lowest BCUT2D eigenvalue weighted by atomic mass is 9.99. The zero-order chi connectivity index (χ0) is 19.8. The molecule has 1 unspecified atom stereocenters. The average Bonchev–Trinajstić information content (AvgIpc) is 2.70. The van der Waals surface area contributed by atoms with Crippen LogP contribution in [0.4, 0.5) is 4.79 Å². The largest absolute Gasteiger partial charge is 0.508 e. The molecule has 1 fully saturated rings. The molecule has 0 aliphatic carbocycles. The Balaban J connectivity index is 1.54. The number of hydrogen-bond donors (Lipinski definition) is 4. The summed E-state index contributed by atoms with van der Waals surface area (Å²) in [7, 11) is 0. The van der Waals surface area contributed by atoms with Crippen LogP contribution in [-0.4, -0.2) is 53.4 Å². The quantitative estimate of drug-likeness (QED) is 0.592. The molecule has 1 heterocycles. The number of amides is 2. The molecule has 1 aliphatic heterocycles. The summed E-state index contributed by atoms with van der Waals surface area (Å²) in [6, 6.07) is 16.6. The van der Waals surface area contributed by atoms with Gasteiger partial charge >= 0.3 is 6.03 Å². The van der Waals surface area contributed by atoms with Crippen molar-refractivity contribution in [1.29, 1.82) is 0 Å². The molecule has 6 heteroatoms. The molecule has 4 N–H and O–H groups in total. The predicted octanol–water partition coefficient (Wildman–Crippen LogP) is 2.43. The van der Waals surface area contributed by atoms with Gasteiger partial charge in [0.15, 0.2) is 0 Å². The number of nitrogens with one attached hydrogen (secondary N) is 2. The van der Waals surface area contributed by atoms with Gasteiger partial charge in [0.05, 0.1) is 12.1 Å². The summed E-state index contributed by atoms with van der Waals surface area (Å²) < 4.78 is 0. The van der Waals surface area contributed by atoms with Crippen LogP contribution in [0.1, 0.15) is 30.0 Å². The molecule has 1 atom stereocenters. The maximum absolute atomic E-state index is 12.4. The minimum atomic E-state index is -0.203. The van der Waals surface area contributed by atoms with Crippen molar-refractivity contribution in [3.8, 4) is 5.75 Å². The standard InChI is InChI=1S/C22H29N3O3/c26-19-9-12-25(13-10-19)14-11-23-22(28)24-21(18-6-2-1-3-7-18)16-17-5-4-8-20(27)15-17/h1-8,15,19,21,26-27H,9-14,16H2,(H2,23,24,28). The van der Waals surface area contributed by atoms with Crippen LogP contribution in [-0.2, 0) is 6.42 Å². The van der Waals surface area contributed by atoms with Crippen molar-refractivity contribution in [1.82, 2.24) is 15.5 Å². The summed E-state index contributed by atoms with van der Waals surface area (Å²) in [5, 5.41) is 25.3. The second-order valence-electron chi connectivity index (χ2n) is 7.31. The van der Waals surface area contributed by atoms with Crippen molar-refractivity contribution in [3.05, 3.63) is 65.7 Å². The van der Waals surface area contributed by atoms with Crippen molar-refractivity contribution in [3.63, 3.8) is 0 Å². The van der Waals surface area contributed by atoms with Crippen molar-refractivity contribution in [2.45, 2.75) is 31.4 Å². The van der Waals surface area contributed by atoms with Crippen LogP contribution in [0, 0.1) is 0 Å². The van der Waals surface area contributed by atoms with Crippen LogP contribution in [0.25, 0.3) is 0 Å². The van der Waals surface area contributed by atoms with E-state index in [-0.39, 0.29) is 23.9 Å². The molecule has 1 saturated heterocycles. The van der Waals surface area contributed by atoms with Crippen molar-refractivity contribution in [2.75, 3.05) is 26.2 Å². The van der Waals surface area contributed by atoms with Gasteiger partial charge in [-0.05, 0) is 42.5 Å². The number of carbonyl (C=O) groups excluding carboxylic acids is 1. The summed E-state index contributed by atoms with van der Waals surface area (Å²) >= 11 is 0. The predicted molar refractivity (Wildman–Crippen MR) is 109 cm³/mol. The van der Waals surface area contributed by atoms with E-state index in [0.29, 0.717) is 13.0 Å². The zero-order valence-corrected chi connectivity index (χ0v) is 16.1. The average molecular weight is 383 g/mol. The zero-order valence-electron chi connectivity index (χ0n) is 16.1. The molecule has 6 nitrogen and oxygen atoms in total. The van der Waals surface area contributed by atoms with E-state index in [9.17, 15) is 15.0 Å². The first-order valence-electron chi connectivity index (χ1n) is 9.88. The fourth-order valence-corrected chi connectivity index (χ4v) is 3.54. The molecule has 0 spiro atoms. The normalized spacial score (nSPS) is 16.5. The summed E-state index contributed by atoms with van der Waals surface area (Å²) in [6.45, 7) is 3.08. The third-order valence-corrected chi connectivity index (χ3v) is 5.13. The number of phenolic OH excluding ortho intramolecular Hbond substituents is 1. The van der Waals surface area contributed by atoms with E-state index in [0.717, 1.165) is 43.6 Å². The Morgan fingerprint density at radius 3 is 2.57 bits per heavy atom. The lowest BCUT2D eigenvalue weighted by Crippen LogP contribution is -2.44. The highest BCUT2D eigenvalue weighted by Gasteiger charge is 2.18. The summed E-state index contributed by atoms with van der Waals surface area (Å²) in [5.74, 6) is 0.223. The van der Waals surface area contributed by atoms with Gasteiger partial charge in [0.1, 0.15) is 5.75 Å². The lowest BCUT2D eigenvalue weighted by Gasteiger charge is -2.29. The SMILES string of the molecule is O=C(NCCN1CCC(O)CC1)NC(Cc1cccc(O)c1)c1ccccc1. The van der Waals surface area contributed by atoms with Gasteiger partial charge in [-0.15, -0.1) is 0 Å². The maximum Gasteiger partial charge on any atom is 0.315 e. The molecule has 150 valence electrons. The molecule has 3 rings (SSSR count). The number of likely N-dealkylation sites (tertiary alicyclic amines) is 1. The maximum atomic E-state index is 12.4. The number of phenols is 1. The highest BCUT2D eigenvalue weighted by Crippen LogP contribution is 2.20. The molecular weight excluding hydrogens is 354 g/mol. The van der Waals surface area contributed by atoms with Crippen LogP contribution >= 0.6 is 0 Å². The number of piperidine rings is 1. The van der Waals surface area contributed by atoms with E-state index in [1.807, 2.05) is 42.5 Å². The minimum Gasteiger partial charge on any atom is -0.508 e. The number of aliphatic hydroxyl groups excluding tert-OH is 1. The fraction of sp³-hybridized carbons (Fsp3) is 0.409. The minimum absolute atomic E-state index is 0.184. The van der Waals surface area contributed by atoms with E-state index in [4.69, 9.17) is 0 Å². The van der Waals surface area contributed by atoms with Crippen molar-refractivity contribution >= 4 is 6.03 Å². The van der Waals surface area contributed by atoms with E-state index < -0.39 is 0 Å². The number of benzene rings is 2. The summed E-state index contributed by atoms with van der Waals surface area (Å²) in [5.41, 5.74) is 1.98. The highest BCUT2D eigenvalue weighted by atomic mass is 16.3. The van der Waals surface area contributed by atoms with Crippen molar-refractivity contribution < 1.29 is 15.0 Å². The fourth-order valence-electron chi connectivity index (χ4n) is 3.54. The van der Waals surface area contributed by atoms with Crippen LogP contribution < -0.4 is 10.6 Å². The Labute approximate surface area is 166 Å².